The van der Waals surface area contributed by atoms with Crippen molar-refractivity contribution in [2.75, 3.05) is 13.2 Å². The summed E-state index contributed by atoms with van der Waals surface area (Å²) in [7, 11) is 0. The van der Waals surface area contributed by atoms with Crippen molar-refractivity contribution in [2.24, 2.45) is 5.92 Å². The standard InChI is InChI=1S/C12H15N3O3/c1-3-18-12(17)10-5-8-9(14-15-10)4-7(2)6-13-11(8)16/h5,7H,3-4,6H2,1-2H3,(H,13,16). The lowest BCUT2D eigenvalue weighted by Gasteiger charge is -2.06. The van der Waals surface area contributed by atoms with Crippen molar-refractivity contribution in [3.05, 3.63) is 23.0 Å². The summed E-state index contributed by atoms with van der Waals surface area (Å²) in [6, 6.07) is 1.45. The van der Waals surface area contributed by atoms with Crippen LogP contribution in [0.25, 0.3) is 0 Å². The van der Waals surface area contributed by atoms with E-state index in [-0.39, 0.29) is 18.2 Å². The maximum absolute atomic E-state index is 11.9. The molecule has 0 saturated carbocycles. The molecule has 0 fully saturated rings. The fraction of sp³-hybridized carbons (Fsp3) is 0.500. The molecule has 1 aromatic rings. The van der Waals surface area contributed by atoms with Crippen molar-refractivity contribution in [1.82, 2.24) is 15.5 Å². The molecule has 18 heavy (non-hydrogen) atoms. The molecule has 96 valence electrons. The Hall–Kier alpha value is -1.98. The predicted molar refractivity (Wildman–Crippen MR) is 63.2 cm³/mol. The van der Waals surface area contributed by atoms with E-state index in [1.54, 1.807) is 6.92 Å². The van der Waals surface area contributed by atoms with Crippen LogP contribution in [-0.4, -0.2) is 35.2 Å². The van der Waals surface area contributed by atoms with Crippen molar-refractivity contribution in [3.8, 4) is 0 Å². The van der Waals surface area contributed by atoms with E-state index in [0.717, 1.165) is 0 Å². The molecule has 1 N–H and O–H groups in total. The minimum Gasteiger partial charge on any atom is -0.461 e. The van der Waals surface area contributed by atoms with Gasteiger partial charge in [-0.2, -0.15) is 5.10 Å². The number of carbonyl (C=O) groups is 2. The number of carbonyl (C=O) groups excluding carboxylic acids is 2. The van der Waals surface area contributed by atoms with Crippen LogP contribution >= 0.6 is 0 Å². The topological polar surface area (TPSA) is 81.2 Å². The smallest absolute Gasteiger partial charge is 0.358 e. The van der Waals surface area contributed by atoms with Crippen LogP contribution in [0.1, 0.15) is 40.4 Å². The van der Waals surface area contributed by atoms with Crippen molar-refractivity contribution in [3.63, 3.8) is 0 Å². The second-order valence-corrected chi connectivity index (χ2v) is 4.33. The zero-order valence-electron chi connectivity index (χ0n) is 10.4. The Bertz CT molecular complexity index is 487. The van der Waals surface area contributed by atoms with E-state index in [1.807, 2.05) is 6.92 Å². The van der Waals surface area contributed by atoms with Gasteiger partial charge in [0.25, 0.3) is 5.91 Å². The molecule has 6 heteroatoms. The molecule has 1 aliphatic heterocycles. The summed E-state index contributed by atoms with van der Waals surface area (Å²) in [4.78, 5) is 23.4. The van der Waals surface area contributed by atoms with Gasteiger partial charge in [0, 0.05) is 6.54 Å². The van der Waals surface area contributed by atoms with Gasteiger partial charge in [0.15, 0.2) is 5.69 Å². The van der Waals surface area contributed by atoms with E-state index >= 15 is 0 Å². The molecule has 1 unspecified atom stereocenters. The van der Waals surface area contributed by atoms with E-state index in [9.17, 15) is 9.59 Å². The Kier molecular flexibility index (Phi) is 3.55. The van der Waals surface area contributed by atoms with Gasteiger partial charge in [-0.25, -0.2) is 4.79 Å². The van der Waals surface area contributed by atoms with Crippen LogP contribution in [0, 0.1) is 5.92 Å². The molecule has 0 spiro atoms. The molecule has 2 rings (SSSR count). The molecular formula is C12H15N3O3. The minimum atomic E-state index is -0.558. The molecule has 1 atom stereocenters. The third kappa shape index (κ3) is 2.47. The lowest BCUT2D eigenvalue weighted by molar-refractivity contribution is 0.0518. The molecular weight excluding hydrogens is 234 g/mol. The quantitative estimate of drug-likeness (QED) is 0.775. The van der Waals surface area contributed by atoms with Crippen molar-refractivity contribution in [1.29, 1.82) is 0 Å². The number of amides is 1. The highest BCUT2D eigenvalue weighted by Gasteiger charge is 2.23. The number of rotatable bonds is 2. The number of hydrogen-bond acceptors (Lipinski definition) is 5. The van der Waals surface area contributed by atoms with Crippen LogP contribution in [-0.2, 0) is 11.2 Å². The zero-order valence-corrected chi connectivity index (χ0v) is 10.4. The lowest BCUT2D eigenvalue weighted by Crippen LogP contribution is -2.26. The van der Waals surface area contributed by atoms with E-state index in [4.69, 9.17) is 4.74 Å². The number of aromatic nitrogens is 2. The molecule has 0 aliphatic carbocycles. The monoisotopic (exact) mass is 249 g/mol. The number of fused-ring (bicyclic) bond motifs is 1. The highest BCUT2D eigenvalue weighted by Crippen LogP contribution is 2.15. The Balaban J connectivity index is 2.35. The molecule has 0 aromatic carbocycles. The van der Waals surface area contributed by atoms with Gasteiger partial charge in [-0.05, 0) is 25.3 Å². The molecule has 2 heterocycles. The van der Waals surface area contributed by atoms with Gasteiger partial charge in [0.1, 0.15) is 0 Å². The first-order valence-corrected chi connectivity index (χ1v) is 5.93. The van der Waals surface area contributed by atoms with E-state index in [2.05, 4.69) is 15.5 Å². The molecule has 6 nitrogen and oxygen atoms in total. The molecule has 1 amide bonds. The predicted octanol–water partition coefficient (Wildman–Crippen LogP) is 0.575. The highest BCUT2D eigenvalue weighted by atomic mass is 16.5. The SMILES string of the molecule is CCOC(=O)c1cc2c(nn1)CC(C)CNC2=O. The van der Waals surface area contributed by atoms with E-state index in [0.29, 0.717) is 30.1 Å². The number of ether oxygens (including phenoxy) is 1. The average molecular weight is 249 g/mol. The van der Waals surface area contributed by atoms with Crippen LogP contribution in [0.5, 0.6) is 0 Å². The number of hydrogen-bond donors (Lipinski definition) is 1. The fourth-order valence-corrected chi connectivity index (χ4v) is 1.83. The fourth-order valence-electron chi connectivity index (χ4n) is 1.83. The van der Waals surface area contributed by atoms with Gasteiger partial charge in [-0.1, -0.05) is 6.92 Å². The Labute approximate surface area is 105 Å². The molecule has 1 aliphatic rings. The summed E-state index contributed by atoms with van der Waals surface area (Å²) in [6.45, 7) is 4.60. The molecule has 0 bridgehead atoms. The van der Waals surface area contributed by atoms with Gasteiger partial charge >= 0.3 is 5.97 Å². The normalized spacial score (nSPS) is 18.6. The maximum atomic E-state index is 11.9. The molecule has 0 radical (unpaired) electrons. The van der Waals surface area contributed by atoms with Crippen LogP contribution in [0.2, 0.25) is 0 Å². The first kappa shape index (κ1) is 12.5. The third-order valence-electron chi connectivity index (χ3n) is 2.75. The highest BCUT2D eigenvalue weighted by molar-refractivity contribution is 5.98. The summed E-state index contributed by atoms with van der Waals surface area (Å²) in [5.41, 5.74) is 1.11. The first-order chi connectivity index (χ1) is 8.61. The first-order valence-electron chi connectivity index (χ1n) is 5.93. The maximum Gasteiger partial charge on any atom is 0.358 e. The van der Waals surface area contributed by atoms with E-state index < -0.39 is 5.97 Å². The summed E-state index contributed by atoms with van der Waals surface area (Å²) < 4.78 is 4.83. The summed E-state index contributed by atoms with van der Waals surface area (Å²) in [5, 5.41) is 10.6. The van der Waals surface area contributed by atoms with E-state index in [1.165, 1.54) is 6.07 Å². The Morgan fingerprint density at radius 1 is 1.56 bits per heavy atom. The summed E-state index contributed by atoms with van der Waals surface area (Å²) >= 11 is 0. The van der Waals surface area contributed by atoms with Crippen molar-refractivity contribution < 1.29 is 14.3 Å². The van der Waals surface area contributed by atoms with Crippen LogP contribution in [0.4, 0.5) is 0 Å². The number of esters is 1. The van der Waals surface area contributed by atoms with Crippen LogP contribution < -0.4 is 5.32 Å². The van der Waals surface area contributed by atoms with Gasteiger partial charge in [-0.3, -0.25) is 4.79 Å². The van der Waals surface area contributed by atoms with Gasteiger partial charge < -0.3 is 10.1 Å². The van der Waals surface area contributed by atoms with Gasteiger partial charge in [0.2, 0.25) is 0 Å². The number of nitrogens with one attached hydrogen (secondary N) is 1. The molecule has 1 aromatic heterocycles. The van der Waals surface area contributed by atoms with Crippen LogP contribution in [0.3, 0.4) is 0 Å². The summed E-state index contributed by atoms with van der Waals surface area (Å²) in [6.07, 6.45) is 0.671. The van der Waals surface area contributed by atoms with Crippen molar-refractivity contribution >= 4 is 11.9 Å². The minimum absolute atomic E-state index is 0.0697. The largest absolute Gasteiger partial charge is 0.461 e. The zero-order chi connectivity index (χ0) is 13.1. The second kappa shape index (κ2) is 5.12. The van der Waals surface area contributed by atoms with Gasteiger partial charge in [0.05, 0.1) is 17.9 Å². The Morgan fingerprint density at radius 2 is 2.33 bits per heavy atom. The third-order valence-corrected chi connectivity index (χ3v) is 2.75. The summed E-state index contributed by atoms with van der Waals surface area (Å²) in [5.74, 6) is -0.467. The van der Waals surface area contributed by atoms with Crippen LogP contribution in [0.15, 0.2) is 6.07 Å². The molecule has 0 saturated heterocycles. The average Bonchev–Trinajstić information content (AvgIpc) is 2.49. The van der Waals surface area contributed by atoms with Crippen molar-refractivity contribution in [2.45, 2.75) is 20.3 Å². The lowest BCUT2D eigenvalue weighted by atomic mass is 10.0. The van der Waals surface area contributed by atoms with Gasteiger partial charge in [-0.15, -0.1) is 5.10 Å². The second-order valence-electron chi connectivity index (χ2n) is 4.33. The Morgan fingerprint density at radius 3 is 3.06 bits per heavy atom. The number of nitrogens with zero attached hydrogens (tertiary/aromatic N) is 2.